The Morgan fingerprint density at radius 2 is 2.17 bits per heavy atom. The zero-order chi connectivity index (χ0) is 17.1. The molecule has 2 aromatic heterocycles. The van der Waals surface area contributed by atoms with Gasteiger partial charge >= 0.3 is 5.82 Å². The quantitative estimate of drug-likeness (QED) is 0.404. The van der Waals surface area contributed by atoms with E-state index in [1.807, 2.05) is 0 Å². The van der Waals surface area contributed by atoms with Gasteiger partial charge in [-0.1, -0.05) is 23.5 Å². The van der Waals surface area contributed by atoms with Crippen molar-refractivity contribution in [3.8, 4) is 0 Å². The standard InChI is InChI=1S/C14H12FN5O3S/c15-10-4-2-1-3-9(10)12(21)17-6-5-16-11-13(20(22)23)19-7-8-24-14(19)18-11/h1-4,7-8,16H,5-6H2,(H,17,21). The van der Waals surface area contributed by atoms with Gasteiger partial charge in [0.25, 0.3) is 10.9 Å². The predicted molar refractivity (Wildman–Crippen MR) is 86.9 cm³/mol. The summed E-state index contributed by atoms with van der Waals surface area (Å²) in [6.07, 6.45) is 1.57. The van der Waals surface area contributed by atoms with E-state index in [0.29, 0.717) is 4.96 Å². The van der Waals surface area contributed by atoms with Gasteiger partial charge < -0.3 is 20.7 Å². The number of anilines is 1. The molecule has 10 heteroatoms. The molecule has 0 aliphatic rings. The minimum Gasteiger partial charge on any atom is -0.361 e. The van der Waals surface area contributed by atoms with Crippen LogP contribution in [-0.2, 0) is 0 Å². The number of carbonyl (C=O) groups excluding carboxylic acids is 1. The molecule has 1 amide bonds. The van der Waals surface area contributed by atoms with Crippen molar-refractivity contribution < 1.29 is 14.1 Å². The second kappa shape index (κ2) is 6.62. The van der Waals surface area contributed by atoms with Gasteiger partial charge in [-0.15, -0.1) is 0 Å². The molecule has 0 unspecified atom stereocenters. The highest BCUT2D eigenvalue weighted by Crippen LogP contribution is 2.27. The number of fused-ring (bicyclic) bond motifs is 1. The Kier molecular flexibility index (Phi) is 4.38. The maximum Gasteiger partial charge on any atom is 0.372 e. The third-order valence-electron chi connectivity index (χ3n) is 3.23. The molecule has 0 radical (unpaired) electrons. The lowest BCUT2D eigenvalue weighted by Crippen LogP contribution is -2.29. The second-order valence-corrected chi connectivity index (χ2v) is 5.63. The van der Waals surface area contributed by atoms with Crippen molar-refractivity contribution in [2.75, 3.05) is 18.4 Å². The number of carbonyl (C=O) groups is 1. The highest BCUT2D eigenvalue weighted by Gasteiger charge is 2.23. The average molecular weight is 349 g/mol. The molecular formula is C14H12FN5O3S. The highest BCUT2D eigenvalue weighted by atomic mass is 32.1. The van der Waals surface area contributed by atoms with E-state index < -0.39 is 16.6 Å². The van der Waals surface area contributed by atoms with Crippen molar-refractivity contribution in [2.45, 2.75) is 0 Å². The van der Waals surface area contributed by atoms with E-state index in [0.717, 1.165) is 0 Å². The Morgan fingerprint density at radius 3 is 2.92 bits per heavy atom. The summed E-state index contributed by atoms with van der Waals surface area (Å²) in [4.78, 5) is 27.1. The Balaban J connectivity index is 1.60. The largest absolute Gasteiger partial charge is 0.372 e. The predicted octanol–water partition coefficient (Wildman–Crippen LogP) is 2.29. The number of imidazole rings is 1. The van der Waals surface area contributed by atoms with Crippen LogP contribution in [0.2, 0.25) is 0 Å². The van der Waals surface area contributed by atoms with Gasteiger partial charge in [-0.05, 0) is 17.1 Å². The van der Waals surface area contributed by atoms with E-state index >= 15 is 0 Å². The molecule has 3 aromatic rings. The first-order valence-electron chi connectivity index (χ1n) is 6.94. The maximum atomic E-state index is 13.5. The molecule has 0 saturated heterocycles. The van der Waals surface area contributed by atoms with Crippen molar-refractivity contribution >= 4 is 33.8 Å². The van der Waals surface area contributed by atoms with E-state index in [1.165, 1.54) is 33.9 Å². The number of rotatable bonds is 6. The fourth-order valence-electron chi connectivity index (χ4n) is 2.16. The first-order valence-corrected chi connectivity index (χ1v) is 7.82. The smallest absolute Gasteiger partial charge is 0.361 e. The number of thiazole rings is 1. The van der Waals surface area contributed by atoms with Crippen LogP contribution >= 0.6 is 11.3 Å². The minimum atomic E-state index is -0.604. The van der Waals surface area contributed by atoms with Gasteiger partial charge in [-0.25, -0.2) is 4.39 Å². The average Bonchev–Trinajstić information content (AvgIpc) is 3.11. The van der Waals surface area contributed by atoms with Crippen LogP contribution in [0.4, 0.5) is 16.0 Å². The van der Waals surface area contributed by atoms with Crippen LogP contribution in [0.1, 0.15) is 10.4 Å². The van der Waals surface area contributed by atoms with Gasteiger partial charge in [-0.3, -0.25) is 4.79 Å². The summed E-state index contributed by atoms with van der Waals surface area (Å²) < 4.78 is 14.9. The van der Waals surface area contributed by atoms with E-state index in [9.17, 15) is 19.3 Å². The van der Waals surface area contributed by atoms with E-state index in [2.05, 4.69) is 15.6 Å². The lowest BCUT2D eigenvalue weighted by Gasteiger charge is -2.07. The molecule has 0 aliphatic heterocycles. The fraction of sp³-hybridized carbons (Fsp3) is 0.143. The normalized spacial score (nSPS) is 10.7. The van der Waals surface area contributed by atoms with Crippen molar-refractivity contribution in [2.24, 2.45) is 0 Å². The zero-order valence-corrected chi connectivity index (χ0v) is 13.0. The van der Waals surface area contributed by atoms with Crippen LogP contribution in [0.25, 0.3) is 4.96 Å². The van der Waals surface area contributed by atoms with Crippen LogP contribution in [0.15, 0.2) is 35.8 Å². The molecule has 3 rings (SSSR count). The summed E-state index contributed by atoms with van der Waals surface area (Å²) in [5.74, 6) is -1.18. The summed E-state index contributed by atoms with van der Waals surface area (Å²) in [5.41, 5.74) is -0.0500. The molecule has 24 heavy (non-hydrogen) atoms. The molecule has 2 heterocycles. The summed E-state index contributed by atoms with van der Waals surface area (Å²) in [6, 6.07) is 5.65. The SMILES string of the molecule is O=C(NCCNc1nc2sccn2c1[N+](=O)[O-])c1ccccc1F. The Hall–Kier alpha value is -3.01. The summed E-state index contributed by atoms with van der Waals surface area (Å²) in [7, 11) is 0. The second-order valence-electron chi connectivity index (χ2n) is 4.76. The van der Waals surface area contributed by atoms with Crippen LogP contribution in [0.3, 0.4) is 0 Å². The summed E-state index contributed by atoms with van der Waals surface area (Å²) in [5, 5.41) is 18.2. The molecule has 2 N–H and O–H groups in total. The Bertz CT molecular complexity index is 907. The van der Waals surface area contributed by atoms with Crippen molar-refractivity contribution in [3.63, 3.8) is 0 Å². The molecule has 124 valence electrons. The number of halogens is 1. The Morgan fingerprint density at radius 1 is 1.38 bits per heavy atom. The van der Waals surface area contributed by atoms with Gasteiger partial charge in [0.05, 0.1) is 5.56 Å². The van der Waals surface area contributed by atoms with Crippen LogP contribution in [0.5, 0.6) is 0 Å². The summed E-state index contributed by atoms with van der Waals surface area (Å²) in [6.45, 7) is 0.376. The monoisotopic (exact) mass is 349 g/mol. The van der Waals surface area contributed by atoms with Gasteiger partial charge in [0, 0.05) is 18.5 Å². The number of benzene rings is 1. The van der Waals surface area contributed by atoms with Gasteiger partial charge in [0.15, 0.2) is 0 Å². The van der Waals surface area contributed by atoms with Crippen molar-refractivity contribution in [1.29, 1.82) is 0 Å². The molecule has 0 fully saturated rings. The molecule has 0 atom stereocenters. The van der Waals surface area contributed by atoms with Gasteiger partial charge in [0.1, 0.15) is 12.0 Å². The molecule has 0 aliphatic carbocycles. The fourth-order valence-corrected chi connectivity index (χ4v) is 2.87. The molecular weight excluding hydrogens is 337 g/mol. The van der Waals surface area contributed by atoms with Crippen LogP contribution < -0.4 is 10.6 Å². The molecule has 0 bridgehead atoms. The maximum absolute atomic E-state index is 13.5. The topological polar surface area (TPSA) is 102 Å². The number of hydrogen-bond acceptors (Lipinski definition) is 6. The number of nitrogens with one attached hydrogen (secondary N) is 2. The third kappa shape index (κ3) is 3.04. The minimum absolute atomic E-state index is 0.0500. The first-order chi connectivity index (χ1) is 11.6. The first kappa shape index (κ1) is 15.9. The molecule has 0 saturated carbocycles. The van der Waals surface area contributed by atoms with Crippen LogP contribution in [0, 0.1) is 15.9 Å². The number of amides is 1. The lowest BCUT2D eigenvalue weighted by atomic mass is 10.2. The van der Waals surface area contributed by atoms with Crippen molar-refractivity contribution in [3.05, 3.63) is 57.3 Å². The van der Waals surface area contributed by atoms with E-state index in [-0.39, 0.29) is 30.3 Å². The van der Waals surface area contributed by atoms with Crippen molar-refractivity contribution in [1.82, 2.24) is 14.7 Å². The number of hydrogen-bond donors (Lipinski definition) is 2. The Labute approximate surface area is 139 Å². The van der Waals surface area contributed by atoms with E-state index in [1.54, 1.807) is 17.6 Å². The lowest BCUT2D eigenvalue weighted by molar-refractivity contribution is -0.389. The molecule has 8 nitrogen and oxygen atoms in total. The highest BCUT2D eigenvalue weighted by molar-refractivity contribution is 7.15. The third-order valence-corrected chi connectivity index (χ3v) is 3.99. The van der Waals surface area contributed by atoms with Gasteiger partial charge in [-0.2, -0.15) is 9.38 Å². The van der Waals surface area contributed by atoms with Crippen LogP contribution in [-0.4, -0.2) is 33.3 Å². The zero-order valence-electron chi connectivity index (χ0n) is 12.2. The number of nitro groups is 1. The van der Waals surface area contributed by atoms with Gasteiger partial charge in [0.2, 0.25) is 5.82 Å². The number of nitrogens with zero attached hydrogens (tertiary/aromatic N) is 3. The molecule has 0 spiro atoms. The molecule has 1 aromatic carbocycles. The van der Waals surface area contributed by atoms with E-state index in [4.69, 9.17) is 0 Å². The summed E-state index contributed by atoms with van der Waals surface area (Å²) >= 11 is 1.28. The number of aromatic nitrogens is 2.